The van der Waals surface area contributed by atoms with Gasteiger partial charge in [-0.25, -0.2) is 9.78 Å². The summed E-state index contributed by atoms with van der Waals surface area (Å²) in [5, 5.41) is 15.9. The maximum atomic E-state index is 13.2. The summed E-state index contributed by atoms with van der Waals surface area (Å²) in [6.07, 6.45) is 0.274. The first-order valence-electron chi connectivity index (χ1n) is 12.3. The number of anilines is 1. The van der Waals surface area contributed by atoms with Gasteiger partial charge in [0.15, 0.2) is 10.8 Å². The van der Waals surface area contributed by atoms with Crippen molar-refractivity contribution in [2.75, 3.05) is 44.5 Å². The molecule has 218 valence electrons. The highest BCUT2D eigenvalue weighted by molar-refractivity contribution is 8.00. The fourth-order valence-corrected chi connectivity index (χ4v) is 6.08. The molecule has 17 heteroatoms. The molecule has 0 aromatic carbocycles. The molecular formula is C23H30N6O9S2. The minimum atomic E-state index is -1.43. The minimum absolute atomic E-state index is 0.0559. The Kier molecular flexibility index (Phi) is 8.44. The molecule has 3 atom stereocenters. The lowest BCUT2D eigenvalue weighted by molar-refractivity contribution is -0.182. The molecule has 2 unspecified atom stereocenters. The molecule has 1 aromatic rings. The highest BCUT2D eigenvalue weighted by Gasteiger charge is 2.58. The van der Waals surface area contributed by atoms with Gasteiger partial charge in [0, 0.05) is 30.8 Å². The first-order valence-corrected chi connectivity index (χ1v) is 14.2. The Hall–Kier alpha value is -3.60. The lowest BCUT2D eigenvalue weighted by Crippen LogP contribution is -2.74. The minimum Gasteiger partial charge on any atom is -0.448 e. The SMILES string of the molecule is CC(C)(C)C(=O)OCOC(=O)C1(COC(=O)N2CCC2)CS[C@@H]2C(NC(=O)C(=NO)c3csc(N)n3)C(=O)N2C1. The van der Waals surface area contributed by atoms with E-state index in [9.17, 15) is 29.2 Å². The molecule has 4 heterocycles. The van der Waals surface area contributed by atoms with E-state index in [4.69, 9.17) is 19.9 Å². The van der Waals surface area contributed by atoms with E-state index in [0.717, 1.165) is 17.8 Å². The summed E-state index contributed by atoms with van der Waals surface area (Å²) in [6.45, 7) is 4.90. The smallest absolute Gasteiger partial charge is 0.409 e. The third-order valence-corrected chi connectivity index (χ3v) is 8.78. The third kappa shape index (κ3) is 5.94. The molecule has 0 bridgehead atoms. The summed E-state index contributed by atoms with van der Waals surface area (Å²) in [6, 6.07) is -0.962. The first-order chi connectivity index (χ1) is 18.9. The number of amides is 3. The number of hydrogen-bond acceptors (Lipinski definition) is 14. The number of nitrogens with one attached hydrogen (secondary N) is 1. The first kappa shape index (κ1) is 29.4. The molecule has 1 aromatic heterocycles. The van der Waals surface area contributed by atoms with Crippen molar-refractivity contribution in [2.24, 2.45) is 16.0 Å². The number of nitrogens with zero attached hydrogens (tertiary/aromatic N) is 4. The van der Waals surface area contributed by atoms with E-state index >= 15 is 0 Å². The predicted molar refractivity (Wildman–Crippen MR) is 141 cm³/mol. The van der Waals surface area contributed by atoms with E-state index in [0.29, 0.717) is 13.1 Å². The summed E-state index contributed by atoms with van der Waals surface area (Å²) in [5.74, 6) is -2.61. The van der Waals surface area contributed by atoms with Crippen LogP contribution in [0.15, 0.2) is 10.5 Å². The number of esters is 2. The molecule has 0 radical (unpaired) electrons. The lowest BCUT2D eigenvalue weighted by atomic mass is 9.88. The van der Waals surface area contributed by atoms with Crippen LogP contribution < -0.4 is 11.1 Å². The second-order valence-electron chi connectivity index (χ2n) is 10.5. The van der Waals surface area contributed by atoms with Crippen LogP contribution in [0.2, 0.25) is 0 Å². The average molecular weight is 599 g/mol. The number of aromatic nitrogens is 1. The van der Waals surface area contributed by atoms with Gasteiger partial charge in [0.2, 0.25) is 12.7 Å². The van der Waals surface area contributed by atoms with Gasteiger partial charge < -0.3 is 40.3 Å². The largest absolute Gasteiger partial charge is 0.448 e. The molecule has 3 aliphatic rings. The van der Waals surface area contributed by atoms with E-state index in [1.165, 1.54) is 26.9 Å². The summed E-state index contributed by atoms with van der Waals surface area (Å²) < 4.78 is 15.7. The number of rotatable bonds is 8. The Bertz CT molecular complexity index is 1230. The fourth-order valence-electron chi connectivity index (χ4n) is 4.01. The molecule has 4 N–H and O–H groups in total. The monoisotopic (exact) mass is 598 g/mol. The topological polar surface area (TPSA) is 203 Å². The van der Waals surface area contributed by atoms with Gasteiger partial charge in [0.05, 0.1) is 5.41 Å². The fraction of sp³-hybridized carbons (Fsp3) is 0.609. The van der Waals surface area contributed by atoms with E-state index in [1.807, 2.05) is 0 Å². The van der Waals surface area contributed by atoms with Gasteiger partial charge in [-0.1, -0.05) is 5.16 Å². The number of hydrogen-bond donors (Lipinski definition) is 3. The standard InChI is InChI=1S/C23H30N6O9S2/c1-22(2,3)18(32)37-11-38-19(33)23(9-36-21(34)28-5-4-6-28)8-29-16(31)14(17(29)40-10-23)26-15(30)13(27-35)12-7-39-20(24)25-12/h7,14,17,35H,4-6,8-11H2,1-3H3,(H2,24,25)(H,26,30)/t14?,17-,23?/m1/s1. The van der Waals surface area contributed by atoms with Crippen LogP contribution >= 0.6 is 23.1 Å². The molecule has 0 spiro atoms. The van der Waals surface area contributed by atoms with Crippen molar-refractivity contribution in [3.05, 3.63) is 11.1 Å². The van der Waals surface area contributed by atoms with Crippen LogP contribution in [-0.2, 0) is 33.4 Å². The Labute approximate surface area is 237 Å². The quantitative estimate of drug-likeness (QED) is 0.0919. The molecule has 3 fully saturated rings. The van der Waals surface area contributed by atoms with E-state index < -0.39 is 64.6 Å². The maximum Gasteiger partial charge on any atom is 0.409 e. The van der Waals surface area contributed by atoms with Crippen LogP contribution in [0.3, 0.4) is 0 Å². The second-order valence-corrected chi connectivity index (χ2v) is 12.5. The van der Waals surface area contributed by atoms with Gasteiger partial charge in [-0.15, -0.1) is 23.1 Å². The predicted octanol–water partition coefficient (Wildman–Crippen LogP) is 0.222. The number of carbonyl (C=O) groups excluding carboxylic acids is 5. The Morgan fingerprint density at radius 2 is 1.98 bits per heavy atom. The molecule has 4 rings (SSSR count). The van der Waals surface area contributed by atoms with Gasteiger partial charge in [0.1, 0.15) is 29.1 Å². The van der Waals surface area contributed by atoms with Crippen LogP contribution in [0.4, 0.5) is 9.93 Å². The molecule has 3 saturated heterocycles. The van der Waals surface area contributed by atoms with Crippen LogP contribution in [0, 0.1) is 10.8 Å². The number of nitrogens with two attached hydrogens (primary N) is 1. The number of thioether (sulfide) groups is 1. The number of ether oxygens (including phenoxy) is 3. The van der Waals surface area contributed by atoms with Crippen molar-refractivity contribution in [1.82, 2.24) is 20.1 Å². The summed E-state index contributed by atoms with van der Waals surface area (Å²) in [4.78, 5) is 70.2. The van der Waals surface area contributed by atoms with Gasteiger partial charge in [-0.2, -0.15) is 0 Å². The Morgan fingerprint density at radius 1 is 1.25 bits per heavy atom. The van der Waals surface area contributed by atoms with Crippen molar-refractivity contribution in [3.8, 4) is 0 Å². The van der Waals surface area contributed by atoms with Crippen LogP contribution in [-0.4, -0.2) is 106 Å². The number of nitrogen functional groups attached to an aromatic ring is 1. The van der Waals surface area contributed by atoms with Crippen molar-refractivity contribution in [3.63, 3.8) is 0 Å². The molecular weight excluding hydrogens is 568 g/mol. The average Bonchev–Trinajstić information content (AvgIpc) is 3.30. The number of fused-ring (bicyclic) bond motifs is 1. The lowest BCUT2D eigenvalue weighted by Gasteiger charge is -2.53. The molecule has 15 nitrogen and oxygen atoms in total. The third-order valence-electron chi connectivity index (χ3n) is 6.52. The van der Waals surface area contributed by atoms with Crippen molar-refractivity contribution >= 4 is 63.8 Å². The van der Waals surface area contributed by atoms with Crippen LogP contribution in [0.25, 0.3) is 0 Å². The van der Waals surface area contributed by atoms with Crippen molar-refractivity contribution in [1.29, 1.82) is 0 Å². The molecule has 0 aliphatic carbocycles. The van der Waals surface area contributed by atoms with Crippen LogP contribution in [0.5, 0.6) is 0 Å². The van der Waals surface area contributed by atoms with Gasteiger partial charge in [0.25, 0.3) is 5.91 Å². The van der Waals surface area contributed by atoms with Crippen LogP contribution in [0.1, 0.15) is 32.9 Å². The zero-order chi connectivity index (χ0) is 29.2. The number of β-lactam (4-membered cyclic amide) rings is 1. The number of oxime groups is 1. The van der Waals surface area contributed by atoms with Gasteiger partial charge in [-0.05, 0) is 27.2 Å². The highest BCUT2D eigenvalue weighted by Crippen LogP contribution is 2.43. The maximum absolute atomic E-state index is 13.2. The molecule has 0 saturated carbocycles. The number of likely N-dealkylation sites (tertiary alicyclic amines) is 1. The second kappa shape index (κ2) is 11.5. The van der Waals surface area contributed by atoms with Gasteiger partial charge >= 0.3 is 18.0 Å². The number of carbonyl (C=O) groups is 5. The van der Waals surface area contributed by atoms with E-state index in [2.05, 4.69) is 15.5 Å². The summed E-state index contributed by atoms with van der Waals surface area (Å²) in [7, 11) is 0. The number of thiazole rings is 1. The van der Waals surface area contributed by atoms with Crippen molar-refractivity contribution in [2.45, 2.75) is 38.6 Å². The molecule has 3 aliphatic heterocycles. The molecule has 3 amide bonds. The Balaban J connectivity index is 1.42. The summed E-state index contributed by atoms with van der Waals surface area (Å²) in [5.41, 5.74) is 3.00. The van der Waals surface area contributed by atoms with Gasteiger partial charge in [-0.3, -0.25) is 19.2 Å². The summed E-state index contributed by atoms with van der Waals surface area (Å²) >= 11 is 2.24. The van der Waals surface area contributed by atoms with Crippen molar-refractivity contribution < 1.29 is 43.4 Å². The van der Waals surface area contributed by atoms with E-state index in [-0.39, 0.29) is 29.7 Å². The normalized spacial score (nSPS) is 24.3. The zero-order valence-electron chi connectivity index (χ0n) is 22.1. The Morgan fingerprint density at radius 3 is 2.55 bits per heavy atom. The zero-order valence-corrected chi connectivity index (χ0v) is 23.7. The molecule has 40 heavy (non-hydrogen) atoms. The highest BCUT2D eigenvalue weighted by atomic mass is 32.2. The van der Waals surface area contributed by atoms with E-state index in [1.54, 1.807) is 20.8 Å².